The first-order valence-corrected chi connectivity index (χ1v) is 8.80. The molecule has 0 aliphatic heterocycles. The fourth-order valence-corrected chi connectivity index (χ4v) is 3.01. The molecular formula is C24H20N2. The third kappa shape index (κ3) is 3.65. The molecule has 0 saturated carbocycles. The van der Waals surface area contributed by atoms with Crippen molar-refractivity contribution in [3.8, 4) is 0 Å². The summed E-state index contributed by atoms with van der Waals surface area (Å²) in [6.45, 7) is 0.782. The highest BCUT2D eigenvalue weighted by Gasteiger charge is 2.06. The third-order valence-corrected chi connectivity index (χ3v) is 4.31. The lowest BCUT2D eigenvalue weighted by molar-refractivity contribution is 0.840. The van der Waals surface area contributed by atoms with E-state index in [0.717, 1.165) is 23.4 Å². The Balaban J connectivity index is 1.65. The Morgan fingerprint density at radius 2 is 1.27 bits per heavy atom. The van der Waals surface area contributed by atoms with E-state index in [9.17, 15) is 0 Å². The molecule has 3 aromatic carbocycles. The number of aromatic nitrogens is 2. The number of allylic oxidation sites excluding steroid dienone is 1. The van der Waals surface area contributed by atoms with Gasteiger partial charge in [0, 0.05) is 6.54 Å². The summed E-state index contributed by atoms with van der Waals surface area (Å²) in [4.78, 5) is 4.80. The molecule has 4 rings (SSSR count). The summed E-state index contributed by atoms with van der Waals surface area (Å²) in [5, 5.41) is 0. The van der Waals surface area contributed by atoms with Crippen molar-refractivity contribution >= 4 is 29.3 Å². The molecule has 0 bridgehead atoms. The van der Waals surface area contributed by atoms with Crippen LogP contribution in [0.1, 0.15) is 17.0 Å². The zero-order valence-corrected chi connectivity index (χ0v) is 14.5. The number of benzene rings is 3. The predicted octanol–water partition coefficient (Wildman–Crippen LogP) is 5.92. The summed E-state index contributed by atoms with van der Waals surface area (Å²) >= 11 is 0. The summed E-state index contributed by atoms with van der Waals surface area (Å²) in [5.41, 5.74) is 4.55. The molecule has 26 heavy (non-hydrogen) atoms. The lowest BCUT2D eigenvalue weighted by atomic mass is 10.2. The highest BCUT2D eigenvalue weighted by Crippen LogP contribution is 2.18. The third-order valence-electron chi connectivity index (χ3n) is 4.31. The SMILES string of the molecule is C(=C\c1ccccc1)/Cn1c(/C=C/c2ccccc2)nc2ccccc21. The molecular weight excluding hydrogens is 316 g/mol. The van der Waals surface area contributed by atoms with Crippen LogP contribution in [0.15, 0.2) is 91.0 Å². The van der Waals surface area contributed by atoms with Gasteiger partial charge in [0.2, 0.25) is 0 Å². The van der Waals surface area contributed by atoms with Gasteiger partial charge in [0.15, 0.2) is 0 Å². The molecule has 0 amide bonds. The number of hydrogen-bond donors (Lipinski definition) is 0. The van der Waals surface area contributed by atoms with Gasteiger partial charge in [-0.1, -0.05) is 91.0 Å². The fourth-order valence-electron chi connectivity index (χ4n) is 3.01. The molecule has 0 N–H and O–H groups in total. The van der Waals surface area contributed by atoms with Gasteiger partial charge in [-0.3, -0.25) is 0 Å². The molecule has 0 fully saturated rings. The van der Waals surface area contributed by atoms with Crippen LogP contribution in [0.5, 0.6) is 0 Å². The Hall–Kier alpha value is -3.39. The number of para-hydroxylation sites is 2. The number of imidazole rings is 1. The second-order valence-electron chi connectivity index (χ2n) is 6.13. The van der Waals surface area contributed by atoms with Crippen LogP contribution in [0, 0.1) is 0 Å². The van der Waals surface area contributed by atoms with Crippen molar-refractivity contribution in [2.45, 2.75) is 6.54 Å². The van der Waals surface area contributed by atoms with E-state index in [4.69, 9.17) is 4.98 Å². The maximum Gasteiger partial charge on any atom is 0.134 e. The zero-order chi connectivity index (χ0) is 17.6. The molecule has 0 saturated heterocycles. The van der Waals surface area contributed by atoms with Crippen molar-refractivity contribution in [3.05, 3.63) is 108 Å². The first kappa shape index (κ1) is 16.1. The molecule has 2 heteroatoms. The van der Waals surface area contributed by atoms with Crippen LogP contribution < -0.4 is 0 Å². The molecule has 0 spiro atoms. The van der Waals surface area contributed by atoms with Gasteiger partial charge in [0.1, 0.15) is 5.82 Å². The topological polar surface area (TPSA) is 17.8 Å². The van der Waals surface area contributed by atoms with Crippen molar-refractivity contribution in [2.75, 3.05) is 0 Å². The number of fused-ring (bicyclic) bond motifs is 1. The largest absolute Gasteiger partial charge is 0.321 e. The molecule has 0 aliphatic carbocycles. The van der Waals surface area contributed by atoms with Crippen molar-refractivity contribution in [3.63, 3.8) is 0 Å². The van der Waals surface area contributed by atoms with E-state index >= 15 is 0 Å². The van der Waals surface area contributed by atoms with E-state index in [0.29, 0.717) is 0 Å². The standard InChI is InChI=1S/C24H20N2/c1-3-10-20(11-4-1)14-9-19-26-23-16-8-7-15-22(23)25-24(26)18-17-21-12-5-2-6-13-21/h1-18H,19H2/b14-9+,18-17+. The average molecular weight is 336 g/mol. The van der Waals surface area contributed by atoms with Crippen molar-refractivity contribution in [1.29, 1.82) is 0 Å². The van der Waals surface area contributed by atoms with Crippen molar-refractivity contribution in [1.82, 2.24) is 9.55 Å². The molecule has 0 unspecified atom stereocenters. The summed E-state index contributed by atoms with van der Waals surface area (Å²) < 4.78 is 2.24. The molecule has 1 aromatic heterocycles. The first-order valence-electron chi connectivity index (χ1n) is 8.80. The minimum atomic E-state index is 0.782. The Morgan fingerprint density at radius 1 is 0.654 bits per heavy atom. The van der Waals surface area contributed by atoms with Gasteiger partial charge < -0.3 is 4.57 Å². The monoisotopic (exact) mass is 336 g/mol. The lowest BCUT2D eigenvalue weighted by Crippen LogP contribution is -1.98. The van der Waals surface area contributed by atoms with Crippen LogP contribution in [0.2, 0.25) is 0 Å². The summed E-state index contributed by atoms with van der Waals surface area (Å²) in [6.07, 6.45) is 8.53. The van der Waals surface area contributed by atoms with E-state index in [1.165, 1.54) is 11.1 Å². The van der Waals surface area contributed by atoms with Crippen molar-refractivity contribution < 1.29 is 0 Å². The number of rotatable bonds is 5. The molecule has 2 nitrogen and oxygen atoms in total. The van der Waals surface area contributed by atoms with E-state index < -0.39 is 0 Å². The van der Waals surface area contributed by atoms with Crippen LogP contribution in [0.25, 0.3) is 29.3 Å². The van der Waals surface area contributed by atoms with Gasteiger partial charge >= 0.3 is 0 Å². The van der Waals surface area contributed by atoms with Gasteiger partial charge in [-0.25, -0.2) is 4.98 Å². The second kappa shape index (κ2) is 7.66. The first-order chi connectivity index (χ1) is 12.9. The highest BCUT2D eigenvalue weighted by atomic mass is 15.1. The van der Waals surface area contributed by atoms with Crippen LogP contribution in [0.3, 0.4) is 0 Å². The van der Waals surface area contributed by atoms with Gasteiger partial charge in [0.05, 0.1) is 11.0 Å². The van der Waals surface area contributed by atoms with Gasteiger partial charge in [0.25, 0.3) is 0 Å². The highest BCUT2D eigenvalue weighted by molar-refractivity contribution is 5.80. The Morgan fingerprint density at radius 3 is 2.00 bits per heavy atom. The molecule has 1 heterocycles. The van der Waals surface area contributed by atoms with Crippen LogP contribution in [-0.2, 0) is 6.54 Å². The quantitative estimate of drug-likeness (QED) is 0.442. The number of nitrogens with zero attached hydrogens (tertiary/aromatic N) is 2. The zero-order valence-electron chi connectivity index (χ0n) is 14.5. The van der Waals surface area contributed by atoms with E-state index in [2.05, 4.69) is 83.5 Å². The predicted molar refractivity (Wildman–Crippen MR) is 111 cm³/mol. The van der Waals surface area contributed by atoms with Crippen LogP contribution in [-0.4, -0.2) is 9.55 Å². The average Bonchev–Trinajstić information content (AvgIpc) is 3.06. The van der Waals surface area contributed by atoms with Crippen molar-refractivity contribution in [2.24, 2.45) is 0 Å². The van der Waals surface area contributed by atoms with Gasteiger partial charge in [-0.05, 0) is 29.3 Å². The number of hydrogen-bond acceptors (Lipinski definition) is 1. The molecule has 0 radical (unpaired) electrons. The Labute approximate surface area is 153 Å². The molecule has 126 valence electrons. The van der Waals surface area contributed by atoms with E-state index in [1.54, 1.807) is 0 Å². The molecule has 4 aromatic rings. The minimum absolute atomic E-state index is 0.782. The maximum absolute atomic E-state index is 4.80. The smallest absolute Gasteiger partial charge is 0.134 e. The normalized spacial score (nSPS) is 11.7. The summed E-state index contributed by atoms with van der Waals surface area (Å²) in [5.74, 6) is 0.966. The Kier molecular flexibility index (Phi) is 4.74. The van der Waals surface area contributed by atoms with E-state index in [-0.39, 0.29) is 0 Å². The van der Waals surface area contributed by atoms with Gasteiger partial charge in [-0.15, -0.1) is 0 Å². The lowest BCUT2D eigenvalue weighted by Gasteiger charge is -2.03. The molecule has 0 atom stereocenters. The summed E-state index contributed by atoms with van der Waals surface area (Å²) in [6, 6.07) is 29.0. The fraction of sp³-hybridized carbons (Fsp3) is 0.0417. The minimum Gasteiger partial charge on any atom is -0.321 e. The maximum atomic E-state index is 4.80. The second-order valence-corrected chi connectivity index (χ2v) is 6.13. The Bertz CT molecular complexity index is 1040. The molecule has 0 aliphatic rings. The van der Waals surface area contributed by atoms with E-state index in [1.807, 2.05) is 30.3 Å². The summed E-state index contributed by atoms with van der Waals surface area (Å²) in [7, 11) is 0. The van der Waals surface area contributed by atoms with Crippen LogP contribution >= 0.6 is 0 Å². The van der Waals surface area contributed by atoms with Crippen LogP contribution in [0.4, 0.5) is 0 Å². The van der Waals surface area contributed by atoms with Gasteiger partial charge in [-0.2, -0.15) is 0 Å².